The van der Waals surface area contributed by atoms with Crippen molar-refractivity contribution in [3.63, 3.8) is 0 Å². The number of carbonyl (C=O) groups is 2. The van der Waals surface area contributed by atoms with Crippen molar-refractivity contribution < 1.29 is 24.9 Å². The van der Waals surface area contributed by atoms with E-state index in [2.05, 4.69) is 4.98 Å². The van der Waals surface area contributed by atoms with E-state index in [1.54, 1.807) is 18.2 Å². The lowest BCUT2D eigenvalue weighted by Crippen LogP contribution is -2.18. The largest absolute Gasteiger partial charge is 0.477 e. The van der Waals surface area contributed by atoms with Gasteiger partial charge < -0.3 is 15.3 Å². The monoisotopic (exact) mass is 469 g/mol. The van der Waals surface area contributed by atoms with Gasteiger partial charge >= 0.3 is 11.9 Å². The van der Waals surface area contributed by atoms with Crippen LogP contribution in [0.25, 0.3) is 6.08 Å². The number of aliphatic hydroxyl groups excluding tert-OH is 1. The van der Waals surface area contributed by atoms with E-state index in [4.69, 9.17) is 33.4 Å². The number of aromatic nitrogens is 1. The van der Waals surface area contributed by atoms with Crippen LogP contribution in [0.3, 0.4) is 0 Å². The Balaban J connectivity index is 1.66. The Morgan fingerprint density at radius 1 is 1.23 bits per heavy atom. The van der Waals surface area contributed by atoms with Gasteiger partial charge in [-0.2, -0.15) is 0 Å². The molecule has 0 unspecified atom stereocenters. The molecule has 0 aliphatic heterocycles. The molecule has 160 valence electrons. The Labute approximate surface area is 187 Å². The average molecular weight is 470 g/mol. The number of rotatable bonds is 8. The summed E-state index contributed by atoms with van der Waals surface area (Å²) >= 11 is 13.7. The predicted molar refractivity (Wildman–Crippen MR) is 117 cm³/mol. The molecule has 2 heterocycles. The van der Waals surface area contributed by atoms with E-state index in [0.717, 1.165) is 24.1 Å². The van der Waals surface area contributed by atoms with Gasteiger partial charge in [-0.25, -0.2) is 14.6 Å². The normalized spacial score (nSPS) is 23.8. The van der Waals surface area contributed by atoms with Gasteiger partial charge in [0.05, 0.1) is 6.10 Å². The molecule has 0 amide bonds. The predicted octanol–water partition coefficient (Wildman–Crippen LogP) is 4.83. The number of nitrogens with zero attached hydrogens (tertiary/aromatic N) is 1. The Bertz CT molecular complexity index is 961. The molecule has 3 N–H and O–H groups in total. The molecule has 2 aromatic heterocycles. The molecule has 1 aliphatic rings. The highest BCUT2D eigenvalue weighted by molar-refractivity contribution is 7.13. The summed E-state index contributed by atoms with van der Waals surface area (Å²) in [5, 5.41) is 28.5. The first kappa shape index (κ1) is 22.7. The van der Waals surface area contributed by atoms with E-state index < -0.39 is 18.0 Å². The number of carboxylic acid groups (broad SMARTS) is 2. The third-order valence-corrected chi connectivity index (χ3v) is 7.08. The molecule has 2 aromatic rings. The van der Waals surface area contributed by atoms with Gasteiger partial charge in [-0.3, -0.25) is 0 Å². The van der Waals surface area contributed by atoms with Gasteiger partial charge in [-0.05, 0) is 61.4 Å². The SMILES string of the molecule is O=C(O)c1cc(/C=C/[C@@H]2[C@@H](CCCc3ccc(C(=O)O)s3)[C@H](Cl)C[C@H]2O)cc(Cl)n1. The summed E-state index contributed by atoms with van der Waals surface area (Å²) in [6.07, 6.45) is 5.89. The average Bonchev–Trinajstić information content (AvgIpc) is 3.25. The smallest absolute Gasteiger partial charge is 0.354 e. The molecule has 0 spiro atoms. The highest BCUT2D eigenvalue weighted by atomic mass is 35.5. The van der Waals surface area contributed by atoms with Crippen LogP contribution in [0.1, 0.15) is 49.9 Å². The minimum Gasteiger partial charge on any atom is -0.477 e. The van der Waals surface area contributed by atoms with Crippen LogP contribution in [-0.2, 0) is 6.42 Å². The maximum atomic E-state index is 11.2. The zero-order chi connectivity index (χ0) is 21.8. The lowest BCUT2D eigenvalue weighted by molar-refractivity contribution is 0.0684. The standard InChI is InChI=1S/C21H21Cl2NO5S/c22-15-10-17(25)14(6-4-11-8-16(20(26)27)24-19(23)9-11)13(15)3-1-2-12-5-7-18(30-12)21(28)29/h4-9,13-15,17,25H,1-3,10H2,(H,26,27)(H,28,29)/b6-4+/t13-,14-,15-,17-/m1/s1. The second-order valence-electron chi connectivity index (χ2n) is 7.30. The Morgan fingerprint density at radius 2 is 2.00 bits per heavy atom. The number of aromatic carboxylic acids is 2. The fraction of sp³-hybridized carbons (Fsp3) is 0.381. The molecule has 0 bridgehead atoms. The molecule has 1 aliphatic carbocycles. The van der Waals surface area contributed by atoms with Crippen LogP contribution in [0, 0.1) is 11.8 Å². The van der Waals surface area contributed by atoms with Gasteiger partial charge in [-0.15, -0.1) is 22.9 Å². The number of thiophene rings is 1. The van der Waals surface area contributed by atoms with E-state index in [0.29, 0.717) is 16.9 Å². The van der Waals surface area contributed by atoms with Crippen LogP contribution in [0.4, 0.5) is 0 Å². The van der Waals surface area contributed by atoms with Crippen molar-refractivity contribution in [1.82, 2.24) is 4.98 Å². The van der Waals surface area contributed by atoms with E-state index in [-0.39, 0.29) is 28.1 Å². The number of hydrogen-bond acceptors (Lipinski definition) is 5. The summed E-state index contributed by atoms with van der Waals surface area (Å²) in [6, 6.07) is 6.44. The number of hydrogen-bond donors (Lipinski definition) is 3. The fourth-order valence-corrected chi connectivity index (χ4v) is 5.40. The molecular weight excluding hydrogens is 449 g/mol. The molecule has 30 heavy (non-hydrogen) atoms. The molecule has 0 radical (unpaired) electrons. The van der Waals surface area contributed by atoms with Crippen molar-refractivity contribution in [2.75, 3.05) is 0 Å². The second-order valence-corrected chi connectivity index (χ2v) is 9.41. The van der Waals surface area contributed by atoms with Crippen LogP contribution >= 0.6 is 34.5 Å². The first-order valence-electron chi connectivity index (χ1n) is 9.48. The van der Waals surface area contributed by atoms with E-state index in [9.17, 15) is 14.7 Å². The van der Waals surface area contributed by atoms with Crippen LogP contribution in [0.5, 0.6) is 0 Å². The molecule has 4 atom stereocenters. The van der Waals surface area contributed by atoms with E-state index in [1.807, 2.05) is 12.1 Å². The number of aliphatic hydroxyl groups is 1. The lowest BCUT2D eigenvalue weighted by Gasteiger charge is -2.20. The summed E-state index contributed by atoms with van der Waals surface area (Å²) in [4.78, 5) is 27.3. The zero-order valence-electron chi connectivity index (χ0n) is 15.9. The molecule has 1 saturated carbocycles. The number of aryl methyl sites for hydroxylation is 1. The van der Waals surface area contributed by atoms with Crippen molar-refractivity contribution in [2.24, 2.45) is 11.8 Å². The highest BCUT2D eigenvalue weighted by Gasteiger charge is 2.39. The maximum Gasteiger partial charge on any atom is 0.354 e. The molecule has 3 rings (SSSR count). The first-order valence-corrected chi connectivity index (χ1v) is 11.1. The zero-order valence-corrected chi connectivity index (χ0v) is 18.2. The van der Waals surface area contributed by atoms with E-state index >= 15 is 0 Å². The Kier molecular flexibility index (Phi) is 7.52. The molecule has 9 heteroatoms. The summed E-state index contributed by atoms with van der Waals surface area (Å²) in [6.45, 7) is 0. The highest BCUT2D eigenvalue weighted by Crippen LogP contribution is 2.40. The Morgan fingerprint density at radius 3 is 2.67 bits per heavy atom. The maximum absolute atomic E-state index is 11.2. The minimum absolute atomic E-state index is 0.0630. The number of alkyl halides is 1. The van der Waals surface area contributed by atoms with Gasteiger partial charge in [0, 0.05) is 16.2 Å². The van der Waals surface area contributed by atoms with Crippen LogP contribution in [0.2, 0.25) is 5.15 Å². The summed E-state index contributed by atoms with van der Waals surface area (Å²) in [5.41, 5.74) is 0.453. The second kappa shape index (κ2) is 9.92. The van der Waals surface area contributed by atoms with Crippen LogP contribution in [-0.4, -0.2) is 43.7 Å². The van der Waals surface area contributed by atoms with Crippen LogP contribution in [0.15, 0.2) is 30.3 Å². The minimum atomic E-state index is -1.16. The molecule has 1 fully saturated rings. The van der Waals surface area contributed by atoms with Crippen molar-refractivity contribution in [2.45, 2.75) is 37.2 Å². The number of pyridine rings is 1. The van der Waals surface area contributed by atoms with Gasteiger partial charge in [0.25, 0.3) is 0 Å². The van der Waals surface area contributed by atoms with Gasteiger partial charge in [-0.1, -0.05) is 23.8 Å². The lowest BCUT2D eigenvalue weighted by atomic mass is 9.89. The molecule has 0 aromatic carbocycles. The van der Waals surface area contributed by atoms with Crippen molar-refractivity contribution in [3.8, 4) is 0 Å². The van der Waals surface area contributed by atoms with Crippen molar-refractivity contribution in [3.05, 3.63) is 56.5 Å². The van der Waals surface area contributed by atoms with E-state index in [1.165, 1.54) is 17.4 Å². The molecule has 0 saturated heterocycles. The van der Waals surface area contributed by atoms with Crippen molar-refractivity contribution >= 4 is 52.6 Å². The third kappa shape index (κ3) is 5.60. The quantitative estimate of drug-likeness (QED) is 0.377. The summed E-state index contributed by atoms with van der Waals surface area (Å²) < 4.78 is 0. The first-order chi connectivity index (χ1) is 14.2. The Hall–Kier alpha value is -1.93. The van der Waals surface area contributed by atoms with Gasteiger partial charge in [0.15, 0.2) is 5.69 Å². The number of halogens is 2. The topological polar surface area (TPSA) is 108 Å². The number of carboxylic acids is 2. The van der Waals surface area contributed by atoms with Gasteiger partial charge in [0.1, 0.15) is 10.0 Å². The molecule has 6 nitrogen and oxygen atoms in total. The van der Waals surface area contributed by atoms with Gasteiger partial charge in [0.2, 0.25) is 0 Å². The summed E-state index contributed by atoms with van der Waals surface area (Å²) in [5.74, 6) is -2.18. The molecular formula is C21H21Cl2NO5S. The third-order valence-electron chi connectivity index (χ3n) is 5.25. The fourth-order valence-electron chi connectivity index (χ4n) is 3.82. The van der Waals surface area contributed by atoms with Crippen LogP contribution < -0.4 is 0 Å². The summed E-state index contributed by atoms with van der Waals surface area (Å²) in [7, 11) is 0. The van der Waals surface area contributed by atoms with Crippen molar-refractivity contribution in [1.29, 1.82) is 0 Å².